The molecule has 5 nitrogen and oxygen atoms in total. The third-order valence-corrected chi connectivity index (χ3v) is 5.07. The Kier molecular flexibility index (Phi) is 4.43. The van der Waals surface area contributed by atoms with Crippen molar-refractivity contribution in [2.45, 2.75) is 18.0 Å². The van der Waals surface area contributed by atoms with Gasteiger partial charge in [-0.2, -0.15) is 13.2 Å². The summed E-state index contributed by atoms with van der Waals surface area (Å²) in [7, 11) is 0. The van der Waals surface area contributed by atoms with Crippen LogP contribution in [0, 0.1) is 5.92 Å². The predicted molar refractivity (Wildman–Crippen MR) is 94.4 cm³/mol. The van der Waals surface area contributed by atoms with Crippen LogP contribution in [0.2, 0.25) is 0 Å². The van der Waals surface area contributed by atoms with Gasteiger partial charge in [-0.3, -0.25) is 10.0 Å². The molecule has 28 heavy (non-hydrogen) atoms. The van der Waals surface area contributed by atoms with E-state index in [1.165, 1.54) is 0 Å². The molecule has 0 aliphatic heterocycles. The quantitative estimate of drug-likeness (QED) is 0.466. The number of hydrogen-bond acceptors (Lipinski definition) is 3. The lowest BCUT2D eigenvalue weighted by molar-refractivity contribution is -0.140. The number of hydroxylamine groups is 1. The summed E-state index contributed by atoms with van der Waals surface area (Å²) in [4.78, 5) is 18.1. The van der Waals surface area contributed by atoms with Crippen molar-refractivity contribution in [3.63, 3.8) is 0 Å². The van der Waals surface area contributed by atoms with Crippen LogP contribution in [0.3, 0.4) is 0 Å². The maximum atomic E-state index is 12.7. The number of amides is 1. The van der Waals surface area contributed by atoms with E-state index in [1.807, 2.05) is 30.3 Å². The number of carbonyl (C=O) groups excluding carboxylic acids is 1. The number of nitrogens with one attached hydrogen (secondary N) is 2. The first kappa shape index (κ1) is 18.2. The van der Waals surface area contributed by atoms with Gasteiger partial charge in [0.1, 0.15) is 11.5 Å². The minimum Gasteiger partial charge on any atom is -0.334 e. The highest BCUT2D eigenvalue weighted by Crippen LogP contribution is 2.60. The van der Waals surface area contributed by atoms with Crippen molar-refractivity contribution in [2.75, 3.05) is 0 Å². The van der Waals surface area contributed by atoms with Gasteiger partial charge in [-0.15, -0.1) is 0 Å². The van der Waals surface area contributed by atoms with Gasteiger partial charge in [-0.1, -0.05) is 54.6 Å². The number of aromatic amines is 1. The molecule has 1 saturated carbocycles. The molecule has 3 N–H and O–H groups in total. The Morgan fingerprint density at radius 3 is 2.14 bits per heavy atom. The maximum Gasteiger partial charge on any atom is 0.432 e. The maximum absolute atomic E-state index is 12.7. The molecule has 0 saturated heterocycles. The SMILES string of the molecule is O=C(NO)C1C(c2ccccc2)C1c1ccc(-c2ncc(C(F)(F)F)[nH]2)cc1. The first-order chi connectivity index (χ1) is 13.4. The molecule has 4 rings (SSSR count). The molecule has 1 aromatic heterocycles. The Labute approximate surface area is 158 Å². The van der Waals surface area contributed by atoms with E-state index < -0.39 is 23.7 Å². The number of H-pyrrole nitrogens is 1. The lowest BCUT2D eigenvalue weighted by atomic mass is 10.0. The molecule has 3 atom stereocenters. The minimum absolute atomic E-state index is 0.0698. The van der Waals surface area contributed by atoms with Crippen molar-refractivity contribution >= 4 is 5.91 Å². The van der Waals surface area contributed by atoms with Crippen molar-refractivity contribution in [1.29, 1.82) is 0 Å². The number of aromatic nitrogens is 2. The zero-order valence-corrected chi connectivity index (χ0v) is 14.4. The Balaban J connectivity index is 1.59. The van der Waals surface area contributed by atoms with Crippen LogP contribution in [-0.2, 0) is 11.0 Å². The summed E-state index contributed by atoms with van der Waals surface area (Å²) in [6, 6.07) is 16.4. The van der Waals surface area contributed by atoms with Crippen molar-refractivity contribution in [3.05, 3.63) is 77.6 Å². The zero-order valence-electron chi connectivity index (χ0n) is 14.4. The van der Waals surface area contributed by atoms with Gasteiger partial charge in [0.15, 0.2) is 0 Å². The first-order valence-electron chi connectivity index (χ1n) is 8.61. The molecule has 3 aromatic rings. The van der Waals surface area contributed by atoms with Crippen LogP contribution in [-0.4, -0.2) is 21.1 Å². The molecular weight excluding hydrogens is 371 g/mol. The van der Waals surface area contributed by atoms with Gasteiger partial charge in [-0.05, 0) is 11.1 Å². The molecule has 1 aliphatic rings. The van der Waals surface area contributed by atoms with Gasteiger partial charge in [0.25, 0.3) is 0 Å². The summed E-state index contributed by atoms with van der Waals surface area (Å²) >= 11 is 0. The number of carbonyl (C=O) groups is 1. The number of imidazole rings is 1. The molecule has 2 aromatic carbocycles. The fourth-order valence-electron chi connectivity index (χ4n) is 3.69. The van der Waals surface area contributed by atoms with E-state index in [2.05, 4.69) is 9.97 Å². The molecule has 0 spiro atoms. The van der Waals surface area contributed by atoms with Crippen molar-refractivity contribution in [1.82, 2.24) is 15.4 Å². The van der Waals surface area contributed by atoms with Crippen molar-refractivity contribution in [2.24, 2.45) is 5.92 Å². The monoisotopic (exact) mass is 387 g/mol. The van der Waals surface area contributed by atoms with Gasteiger partial charge in [0.05, 0.1) is 12.1 Å². The standard InChI is InChI=1S/C20H16F3N3O2/c21-20(22,23)14-10-24-18(25-14)13-8-6-12(7-9-13)16-15(17(16)19(27)26-28)11-4-2-1-3-5-11/h1-10,15-17,28H,(H,24,25)(H,26,27). The van der Waals surface area contributed by atoms with Gasteiger partial charge < -0.3 is 4.98 Å². The second-order valence-electron chi connectivity index (χ2n) is 6.73. The van der Waals surface area contributed by atoms with Gasteiger partial charge in [-0.25, -0.2) is 10.5 Å². The summed E-state index contributed by atoms with van der Waals surface area (Å²) in [6.07, 6.45) is -3.72. The third kappa shape index (κ3) is 3.27. The van der Waals surface area contributed by atoms with Crippen molar-refractivity contribution < 1.29 is 23.2 Å². The van der Waals surface area contributed by atoms with E-state index >= 15 is 0 Å². The van der Waals surface area contributed by atoms with Crippen LogP contribution in [0.25, 0.3) is 11.4 Å². The average molecular weight is 387 g/mol. The predicted octanol–water partition coefficient (Wildman–Crippen LogP) is 4.10. The topological polar surface area (TPSA) is 78.0 Å². The van der Waals surface area contributed by atoms with Crippen LogP contribution in [0.5, 0.6) is 0 Å². The molecule has 3 unspecified atom stereocenters. The van der Waals surface area contributed by atoms with Crippen LogP contribution in [0.4, 0.5) is 13.2 Å². The highest BCUT2D eigenvalue weighted by atomic mass is 19.4. The summed E-state index contributed by atoms with van der Waals surface area (Å²) < 4.78 is 38.2. The molecule has 0 radical (unpaired) electrons. The summed E-state index contributed by atoms with van der Waals surface area (Å²) in [5.74, 6) is -0.924. The molecule has 1 fully saturated rings. The molecular formula is C20H16F3N3O2. The highest BCUT2D eigenvalue weighted by molar-refractivity contribution is 5.84. The van der Waals surface area contributed by atoms with E-state index in [-0.39, 0.29) is 17.7 Å². The second-order valence-corrected chi connectivity index (χ2v) is 6.73. The molecule has 1 amide bonds. The molecule has 1 aliphatic carbocycles. The fourth-order valence-corrected chi connectivity index (χ4v) is 3.69. The van der Waals surface area contributed by atoms with E-state index in [0.717, 1.165) is 17.3 Å². The Bertz CT molecular complexity index is 984. The zero-order chi connectivity index (χ0) is 19.9. The largest absolute Gasteiger partial charge is 0.432 e. The Morgan fingerprint density at radius 1 is 1.00 bits per heavy atom. The molecule has 0 bridgehead atoms. The minimum atomic E-state index is -4.48. The third-order valence-electron chi connectivity index (χ3n) is 5.07. The van der Waals surface area contributed by atoms with Crippen LogP contribution < -0.4 is 5.48 Å². The van der Waals surface area contributed by atoms with Crippen LogP contribution in [0.1, 0.15) is 28.7 Å². The van der Waals surface area contributed by atoms with Gasteiger partial charge in [0, 0.05) is 17.4 Å². The van der Waals surface area contributed by atoms with Crippen molar-refractivity contribution in [3.8, 4) is 11.4 Å². The number of halogens is 3. The number of benzene rings is 2. The smallest absolute Gasteiger partial charge is 0.334 e. The van der Waals surface area contributed by atoms with E-state index in [0.29, 0.717) is 5.56 Å². The molecule has 1 heterocycles. The first-order valence-corrected chi connectivity index (χ1v) is 8.61. The summed E-state index contributed by atoms with van der Waals surface area (Å²) in [5.41, 5.74) is 3.19. The van der Waals surface area contributed by atoms with E-state index in [9.17, 15) is 18.0 Å². The lowest BCUT2D eigenvalue weighted by Gasteiger charge is -2.04. The Morgan fingerprint density at radius 2 is 1.61 bits per heavy atom. The normalized spacial score (nSPS) is 21.4. The van der Waals surface area contributed by atoms with Gasteiger partial charge in [0.2, 0.25) is 5.91 Å². The van der Waals surface area contributed by atoms with Crippen LogP contribution >= 0.6 is 0 Å². The molecule has 8 heteroatoms. The lowest BCUT2D eigenvalue weighted by Crippen LogP contribution is -2.21. The number of rotatable bonds is 4. The second kappa shape index (κ2) is 6.79. The fraction of sp³-hybridized carbons (Fsp3) is 0.200. The summed E-state index contributed by atoms with van der Waals surface area (Å²) in [6.45, 7) is 0. The summed E-state index contributed by atoms with van der Waals surface area (Å²) in [5, 5.41) is 9.03. The number of nitrogens with zero attached hydrogens (tertiary/aromatic N) is 1. The average Bonchev–Trinajstić information content (AvgIpc) is 3.23. The number of hydrogen-bond donors (Lipinski definition) is 3. The van der Waals surface area contributed by atoms with Gasteiger partial charge >= 0.3 is 6.18 Å². The highest BCUT2D eigenvalue weighted by Gasteiger charge is 2.56. The Hall–Kier alpha value is -3.13. The van der Waals surface area contributed by atoms with E-state index in [4.69, 9.17) is 5.21 Å². The molecule has 144 valence electrons. The van der Waals surface area contributed by atoms with E-state index in [1.54, 1.807) is 29.7 Å². The van der Waals surface area contributed by atoms with Crippen LogP contribution in [0.15, 0.2) is 60.8 Å². The number of alkyl halides is 3.